The number of aryl methyl sites for hydroxylation is 1. The van der Waals surface area contributed by atoms with Gasteiger partial charge in [0.05, 0.1) is 6.42 Å². The molecule has 2 aromatic rings. The molecule has 1 aromatic carbocycles. The Morgan fingerprint density at radius 2 is 2.31 bits per heavy atom. The van der Waals surface area contributed by atoms with Gasteiger partial charge in [0.1, 0.15) is 5.52 Å². The lowest BCUT2D eigenvalue weighted by molar-refractivity contribution is -0.137. The molecule has 16 heavy (non-hydrogen) atoms. The van der Waals surface area contributed by atoms with E-state index in [9.17, 15) is 4.79 Å². The second-order valence-electron chi connectivity index (χ2n) is 3.97. The summed E-state index contributed by atoms with van der Waals surface area (Å²) in [5.74, 6) is -0.553. The van der Waals surface area contributed by atoms with Crippen molar-refractivity contribution in [1.29, 1.82) is 0 Å². The minimum atomic E-state index is -0.841. The van der Waals surface area contributed by atoms with Gasteiger partial charge in [-0.1, -0.05) is 19.1 Å². The third-order valence-corrected chi connectivity index (χ3v) is 2.54. The fourth-order valence-corrected chi connectivity index (χ4v) is 1.66. The van der Waals surface area contributed by atoms with Crippen LogP contribution in [-0.4, -0.2) is 16.1 Å². The Hall–Kier alpha value is -1.84. The van der Waals surface area contributed by atoms with Gasteiger partial charge in [0.15, 0.2) is 11.5 Å². The molecule has 0 spiro atoms. The molecule has 0 aliphatic carbocycles. The topological polar surface area (TPSA) is 63.3 Å². The maximum atomic E-state index is 10.6. The summed E-state index contributed by atoms with van der Waals surface area (Å²) in [6.07, 6.45) is 0.0336. The van der Waals surface area contributed by atoms with E-state index >= 15 is 0 Å². The highest BCUT2D eigenvalue weighted by Gasteiger charge is 2.17. The molecule has 0 bridgehead atoms. The summed E-state index contributed by atoms with van der Waals surface area (Å²) >= 11 is 0. The van der Waals surface area contributed by atoms with E-state index in [1.165, 1.54) is 0 Å². The van der Waals surface area contributed by atoms with Gasteiger partial charge in [-0.25, -0.2) is 4.98 Å². The van der Waals surface area contributed by atoms with Gasteiger partial charge in [-0.15, -0.1) is 0 Å². The van der Waals surface area contributed by atoms with E-state index in [0.717, 1.165) is 11.1 Å². The zero-order valence-electron chi connectivity index (χ0n) is 9.23. The smallest absolute Gasteiger partial charge is 0.304 e. The largest absolute Gasteiger partial charge is 0.481 e. The molecule has 1 atom stereocenters. The molecule has 1 aromatic heterocycles. The normalized spacial score (nSPS) is 12.9. The lowest BCUT2D eigenvalue weighted by atomic mass is 10.1. The fourth-order valence-electron chi connectivity index (χ4n) is 1.66. The summed E-state index contributed by atoms with van der Waals surface area (Å²) in [6, 6.07) is 5.69. The molecule has 84 valence electrons. The first kappa shape index (κ1) is 10.7. The zero-order chi connectivity index (χ0) is 11.7. The summed E-state index contributed by atoms with van der Waals surface area (Å²) in [5, 5.41) is 8.71. The Balaban J connectivity index is 2.39. The number of para-hydroxylation sites is 1. The van der Waals surface area contributed by atoms with E-state index in [0.29, 0.717) is 11.5 Å². The fraction of sp³-hybridized carbons (Fsp3) is 0.333. The van der Waals surface area contributed by atoms with Crippen molar-refractivity contribution in [2.75, 3.05) is 0 Å². The highest BCUT2D eigenvalue weighted by Crippen LogP contribution is 2.25. The minimum Gasteiger partial charge on any atom is -0.481 e. The van der Waals surface area contributed by atoms with E-state index in [4.69, 9.17) is 9.52 Å². The Morgan fingerprint density at radius 3 is 2.94 bits per heavy atom. The Morgan fingerprint density at radius 1 is 1.56 bits per heavy atom. The van der Waals surface area contributed by atoms with Gasteiger partial charge in [-0.05, 0) is 18.6 Å². The predicted molar refractivity (Wildman–Crippen MR) is 59.4 cm³/mol. The molecule has 0 saturated heterocycles. The van der Waals surface area contributed by atoms with E-state index in [1.54, 1.807) is 6.92 Å². The third-order valence-electron chi connectivity index (χ3n) is 2.54. The number of hydrogen-bond donors (Lipinski definition) is 1. The molecule has 2 rings (SSSR count). The summed E-state index contributed by atoms with van der Waals surface area (Å²) < 4.78 is 5.54. The van der Waals surface area contributed by atoms with Crippen LogP contribution < -0.4 is 0 Å². The highest BCUT2D eigenvalue weighted by molar-refractivity contribution is 5.76. The van der Waals surface area contributed by atoms with Gasteiger partial charge in [-0.3, -0.25) is 4.79 Å². The van der Waals surface area contributed by atoms with Crippen molar-refractivity contribution >= 4 is 17.1 Å². The third kappa shape index (κ3) is 1.91. The van der Waals surface area contributed by atoms with Crippen molar-refractivity contribution in [2.24, 2.45) is 0 Å². The highest BCUT2D eigenvalue weighted by atomic mass is 16.4. The van der Waals surface area contributed by atoms with Gasteiger partial charge in [0.2, 0.25) is 0 Å². The molecule has 0 aliphatic heterocycles. The molecule has 0 saturated carbocycles. The van der Waals surface area contributed by atoms with Crippen molar-refractivity contribution in [3.05, 3.63) is 29.7 Å². The SMILES string of the molecule is Cc1cccc2oc(C(C)CC(=O)O)nc12. The number of oxazole rings is 1. The van der Waals surface area contributed by atoms with Crippen LogP contribution in [0.2, 0.25) is 0 Å². The first-order chi connectivity index (χ1) is 7.58. The first-order valence-electron chi connectivity index (χ1n) is 5.16. The van der Waals surface area contributed by atoms with Crippen LogP contribution in [-0.2, 0) is 4.79 Å². The lowest BCUT2D eigenvalue weighted by Gasteiger charge is -2.01. The quantitative estimate of drug-likeness (QED) is 0.862. The molecule has 1 N–H and O–H groups in total. The number of carbonyl (C=O) groups is 1. The molecule has 1 unspecified atom stereocenters. The summed E-state index contributed by atoms with van der Waals surface area (Å²) in [5.41, 5.74) is 2.57. The van der Waals surface area contributed by atoms with Gasteiger partial charge < -0.3 is 9.52 Å². The van der Waals surface area contributed by atoms with Crippen molar-refractivity contribution < 1.29 is 14.3 Å². The molecule has 0 amide bonds. The van der Waals surface area contributed by atoms with Crippen LogP contribution in [0, 0.1) is 6.92 Å². The maximum Gasteiger partial charge on any atom is 0.304 e. The molecule has 0 fully saturated rings. The van der Waals surface area contributed by atoms with Crippen molar-refractivity contribution in [1.82, 2.24) is 4.98 Å². The number of benzene rings is 1. The van der Waals surface area contributed by atoms with Gasteiger partial charge in [0.25, 0.3) is 0 Å². The second-order valence-corrected chi connectivity index (χ2v) is 3.97. The van der Waals surface area contributed by atoms with Crippen molar-refractivity contribution in [3.8, 4) is 0 Å². The Bertz CT molecular complexity index is 530. The van der Waals surface area contributed by atoms with Crippen LogP contribution in [0.3, 0.4) is 0 Å². The number of aromatic nitrogens is 1. The number of carboxylic acids is 1. The standard InChI is InChI=1S/C12H13NO3/c1-7-4-3-5-9-11(7)13-12(16-9)8(2)6-10(14)15/h3-5,8H,6H2,1-2H3,(H,14,15). The molecule has 0 radical (unpaired) electrons. The van der Waals surface area contributed by atoms with Gasteiger partial charge in [0, 0.05) is 5.92 Å². The van der Waals surface area contributed by atoms with Crippen LogP contribution in [0.4, 0.5) is 0 Å². The minimum absolute atomic E-state index is 0.0336. The van der Waals surface area contributed by atoms with Crippen LogP contribution in [0.5, 0.6) is 0 Å². The second kappa shape index (κ2) is 3.96. The van der Waals surface area contributed by atoms with Gasteiger partial charge >= 0.3 is 5.97 Å². The number of hydrogen-bond acceptors (Lipinski definition) is 3. The number of aliphatic carboxylic acids is 1. The maximum absolute atomic E-state index is 10.6. The molecule has 4 nitrogen and oxygen atoms in total. The number of nitrogens with zero attached hydrogens (tertiary/aromatic N) is 1. The monoisotopic (exact) mass is 219 g/mol. The van der Waals surface area contributed by atoms with Crippen LogP contribution >= 0.6 is 0 Å². The summed E-state index contributed by atoms with van der Waals surface area (Å²) in [7, 11) is 0. The predicted octanol–water partition coefficient (Wildman–Crippen LogP) is 2.71. The van der Waals surface area contributed by atoms with Crippen LogP contribution in [0.25, 0.3) is 11.1 Å². The van der Waals surface area contributed by atoms with Crippen molar-refractivity contribution in [3.63, 3.8) is 0 Å². The lowest BCUT2D eigenvalue weighted by Crippen LogP contribution is -2.02. The van der Waals surface area contributed by atoms with Crippen molar-refractivity contribution in [2.45, 2.75) is 26.2 Å². The van der Waals surface area contributed by atoms with E-state index in [2.05, 4.69) is 4.98 Å². The molecular formula is C12H13NO3. The first-order valence-corrected chi connectivity index (χ1v) is 5.16. The molecule has 1 heterocycles. The Labute approximate surface area is 92.9 Å². The molecule has 4 heteroatoms. The average molecular weight is 219 g/mol. The van der Waals surface area contributed by atoms with Crippen LogP contribution in [0.15, 0.2) is 22.6 Å². The average Bonchev–Trinajstić information content (AvgIpc) is 2.61. The molecular weight excluding hydrogens is 206 g/mol. The summed E-state index contributed by atoms with van der Waals surface area (Å²) in [6.45, 7) is 3.75. The van der Waals surface area contributed by atoms with E-state index in [-0.39, 0.29) is 12.3 Å². The van der Waals surface area contributed by atoms with Crippen LogP contribution in [0.1, 0.15) is 30.7 Å². The summed E-state index contributed by atoms with van der Waals surface area (Å²) in [4.78, 5) is 14.9. The number of fused-ring (bicyclic) bond motifs is 1. The Kier molecular flexibility index (Phi) is 2.64. The number of rotatable bonds is 3. The van der Waals surface area contributed by atoms with Gasteiger partial charge in [-0.2, -0.15) is 0 Å². The molecule has 0 aliphatic rings. The van der Waals surface area contributed by atoms with E-state index < -0.39 is 5.97 Å². The van der Waals surface area contributed by atoms with E-state index in [1.807, 2.05) is 25.1 Å². The number of carboxylic acid groups (broad SMARTS) is 1. The zero-order valence-corrected chi connectivity index (χ0v) is 9.23.